The van der Waals surface area contributed by atoms with Gasteiger partial charge in [0.25, 0.3) is 5.91 Å². The first-order valence-corrected chi connectivity index (χ1v) is 23.6. The van der Waals surface area contributed by atoms with Crippen molar-refractivity contribution < 1.29 is 19.2 Å². The van der Waals surface area contributed by atoms with E-state index in [4.69, 9.17) is 31.8 Å². The van der Waals surface area contributed by atoms with E-state index in [1.165, 1.54) is 30.2 Å². The Bertz CT molecular complexity index is 2680. The van der Waals surface area contributed by atoms with Gasteiger partial charge in [-0.05, 0) is 59.3 Å². The van der Waals surface area contributed by atoms with E-state index in [2.05, 4.69) is 52.2 Å². The minimum atomic E-state index is -0.903. The molecule has 0 saturated carbocycles. The Balaban J connectivity index is 0.995. The number of amides is 2. The molecule has 7 aromatic rings. The maximum Gasteiger partial charge on any atom is 0.276 e. The monoisotopic (exact) mass is 918 g/mol. The first-order chi connectivity index (χ1) is 31.3. The molecule has 2 N–H and O–H groups in total. The fourth-order valence-corrected chi connectivity index (χ4v) is 11.4. The summed E-state index contributed by atoms with van der Waals surface area (Å²) in [6, 6.07) is 48.6. The number of thiazole rings is 2. The Morgan fingerprint density at radius 3 is 1.83 bits per heavy atom. The van der Waals surface area contributed by atoms with Crippen LogP contribution in [-0.2, 0) is 24.7 Å². The molecule has 1 fully saturated rings. The molecule has 0 bridgehead atoms. The zero-order valence-corrected chi connectivity index (χ0v) is 38.2. The van der Waals surface area contributed by atoms with Crippen molar-refractivity contribution in [2.24, 2.45) is 5.16 Å². The van der Waals surface area contributed by atoms with Crippen LogP contribution in [0, 0.1) is 13.8 Å². The first-order valence-electron chi connectivity index (χ1n) is 20.5. The van der Waals surface area contributed by atoms with Crippen LogP contribution in [0.1, 0.15) is 55.2 Å². The highest BCUT2D eigenvalue weighted by Crippen LogP contribution is 2.46. The molecule has 10 nitrogen and oxygen atoms in total. The number of hydrogen-bond donors (Lipinski definition) is 2. The fourth-order valence-electron chi connectivity index (χ4n) is 8.05. The van der Waals surface area contributed by atoms with Crippen molar-refractivity contribution in [1.29, 1.82) is 0 Å². The van der Waals surface area contributed by atoms with Gasteiger partial charge in [-0.1, -0.05) is 157 Å². The number of ether oxygens (including phenoxy) is 1. The van der Waals surface area contributed by atoms with Gasteiger partial charge in [0.15, 0.2) is 15.9 Å². The lowest BCUT2D eigenvalue weighted by Gasteiger charge is -2.52. The number of hydrogen-bond acceptors (Lipinski definition) is 12. The van der Waals surface area contributed by atoms with E-state index >= 15 is 0 Å². The van der Waals surface area contributed by atoms with Crippen molar-refractivity contribution in [3.63, 3.8) is 0 Å². The average Bonchev–Trinajstić information content (AvgIpc) is 3.95. The van der Waals surface area contributed by atoms with Gasteiger partial charge >= 0.3 is 0 Å². The normalized spacial score (nSPS) is 17.2. The van der Waals surface area contributed by atoms with Gasteiger partial charge < -0.3 is 25.1 Å². The molecule has 2 unspecified atom stereocenters. The third kappa shape index (κ3) is 8.25. The van der Waals surface area contributed by atoms with Crippen LogP contribution < -0.4 is 10.6 Å². The van der Waals surface area contributed by atoms with Crippen molar-refractivity contribution in [2.75, 3.05) is 12.4 Å². The molecule has 2 aliphatic rings. The molecule has 0 spiro atoms. The molecule has 9 rings (SSSR count). The number of nitrogens with zero attached hydrogens (tertiary/aromatic N) is 4. The van der Waals surface area contributed by atoms with Crippen LogP contribution in [0.3, 0.4) is 0 Å². The van der Waals surface area contributed by atoms with E-state index in [1.807, 2.05) is 135 Å². The van der Waals surface area contributed by atoms with Crippen LogP contribution in [0.25, 0.3) is 5.57 Å². The number of nitrogens with one attached hydrogen (secondary N) is 2. The molecule has 3 atom stereocenters. The minimum absolute atomic E-state index is 0.0717. The van der Waals surface area contributed by atoms with E-state index in [1.54, 1.807) is 21.6 Å². The first kappa shape index (κ1) is 42.8. The van der Waals surface area contributed by atoms with Crippen molar-refractivity contribution in [3.05, 3.63) is 212 Å². The number of carbonyl (C=O) groups is 2. The van der Waals surface area contributed by atoms with Gasteiger partial charge in [0.05, 0.1) is 5.69 Å². The van der Waals surface area contributed by atoms with Crippen molar-refractivity contribution in [3.8, 4) is 0 Å². The molecular formula is C50H42N6O4S4. The highest BCUT2D eigenvalue weighted by Gasteiger charge is 2.56. The van der Waals surface area contributed by atoms with E-state index < -0.39 is 35.0 Å². The van der Waals surface area contributed by atoms with Gasteiger partial charge in [0.1, 0.15) is 46.9 Å². The number of benzene rings is 5. The zero-order valence-electron chi connectivity index (χ0n) is 35.0. The number of fused-ring (bicyclic) bond motifs is 1. The highest BCUT2D eigenvalue weighted by molar-refractivity contribution is 8.03. The van der Waals surface area contributed by atoms with Gasteiger partial charge in [-0.3, -0.25) is 9.59 Å². The van der Waals surface area contributed by atoms with Crippen LogP contribution >= 0.6 is 46.7 Å². The maximum atomic E-state index is 14.4. The Labute approximate surface area is 389 Å². The highest BCUT2D eigenvalue weighted by atomic mass is 32.2. The third-order valence-corrected chi connectivity index (χ3v) is 14.6. The van der Waals surface area contributed by atoms with E-state index in [0.29, 0.717) is 5.13 Å². The summed E-state index contributed by atoms with van der Waals surface area (Å²) in [6.45, 7) is 3.99. The summed E-state index contributed by atoms with van der Waals surface area (Å²) in [5.74, 6) is -0.925. The second kappa shape index (κ2) is 18.7. The van der Waals surface area contributed by atoms with Crippen molar-refractivity contribution in [1.82, 2.24) is 20.2 Å². The number of β-lactam (4-membered cyclic amide) rings is 1. The molecule has 2 amide bonds. The van der Waals surface area contributed by atoms with Gasteiger partial charge in [0, 0.05) is 15.8 Å². The standard InChI is InChI=1S/C50H42N6O4S4/c1-31-32(2)64-45(51-31)38-29-62-47-41(46(58)56(47)42(38)48(61)60-43(33-19-9-4-10-20-33)34-21-11-5-12-22-34)53-44(57)40(55-59-3)39-30-63-49(52-39)54-50(35-23-13-6-14-24-35,36-25-15-7-16-26-36)37-27-17-8-18-28-37/h4-30,41-43,47H,1-3H3,(H,52,54)(H,53,57)/b55-40-/t41?,42?,47-/m1/s1. The summed E-state index contributed by atoms with van der Waals surface area (Å²) in [5, 5.41) is 15.6. The van der Waals surface area contributed by atoms with Crippen LogP contribution in [0.2, 0.25) is 0 Å². The molecule has 0 aliphatic carbocycles. The number of carbonyl (C=O) groups excluding carboxylic acids is 2. The SMILES string of the molecule is CO/N=C(\C(=O)NC1C(=O)N2C(C(=S)OC(c3ccccc3)c3ccccc3)C(c3nc(C)c(C)s3)=CS[C@H]12)c1csc(NC(c2ccccc2)(c2ccccc2)c2ccccc2)n1. The fraction of sp³-hybridized carbons (Fsp3) is 0.160. The van der Waals surface area contributed by atoms with Gasteiger partial charge in [-0.2, -0.15) is 0 Å². The quantitative estimate of drug-likeness (QED) is 0.0362. The number of aromatic nitrogens is 2. The molecule has 2 aromatic heterocycles. The number of thiocarbonyl (C=S) groups is 1. The number of rotatable bonds is 14. The molecule has 5 aromatic carbocycles. The Kier molecular flexibility index (Phi) is 12.5. The summed E-state index contributed by atoms with van der Waals surface area (Å²) in [5.41, 5.74) is 5.88. The van der Waals surface area contributed by atoms with Gasteiger partial charge in [-0.25, -0.2) is 9.97 Å². The minimum Gasteiger partial charge on any atom is -0.472 e. The summed E-state index contributed by atoms with van der Waals surface area (Å²) in [7, 11) is 1.37. The molecule has 14 heteroatoms. The second-order valence-corrected chi connectivity index (χ2v) is 18.6. The second-order valence-electron chi connectivity index (χ2n) is 15.1. The van der Waals surface area contributed by atoms with Gasteiger partial charge in [0.2, 0.25) is 5.91 Å². The maximum absolute atomic E-state index is 14.4. The van der Waals surface area contributed by atoms with Crippen LogP contribution in [-0.4, -0.2) is 62.0 Å². The zero-order chi connectivity index (χ0) is 44.2. The Morgan fingerprint density at radius 1 is 0.797 bits per heavy atom. The summed E-state index contributed by atoms with van der Waals surface area (Å²) >= 11 is 10.5. The largest absolute Gasteiger partial charge is 0.472 e. The third-order valence-electron chi connectivity index (χ3n) is 11.3. The molecule has 2 aliphatic heterocycles. The van der Waals surface area contributed by atoms with Crippen LogP contribution in [0.15, 0.2) is 168 Å². The average molecular weight is 919 g/mol. The lowest BCUT2D eigenvalue weighted by atomic mass is 9.77. The molecule has 64 heavy (non-hydrogen) atoms. The predicted molar refractivity (Wildman–Crippen MR) is 260 cm³/mol. The van der Waals surface area contributed by atoms with Crippen molar-refractivity contribution >= 4 is 79.9 Å². The Hall–Kier alpha value is -6.45. The number of anilines is 1. The number of thioether (sulfide) groups is 1. The summed E-state index contributed by atoms with van der Waals surface area (Å²) < 4.78 is 6.75. The van der Waals surface area contributed by atoms with E-state index in [0.717, 1.165) is 49.0 Å². The molecular weight excluding hydrogens is 877 g/mol. The van der Waals surface area contributed by atoms with E-state index in [-0.39, 0.29) is 22.4 Å². The smallest absolute Gasteiger partial charge is 0.276 e. The number of oxime groups is 1. The lowest BCUT2D eigenvalue weighted by molar-refractivity contribution is -0.148. The van der Waals surface area contributed by atoms with Gasteiger partial charge in [-0.15, -0.1) is 34.4 Å². The molecule has 320 valence electrons. The van der Waals surface area contributed by atoms with E-state index in [9.17, 15) is 9.59 Å². The van der Waals surface area contributed by atoms with Crippen LogP contribution in [0.4, 0.5) is 5.13 Å². The summed E-state index contributed by atoms with van der Waals surface area (Å²) in [6.07, 6.45) is -0.528. The van der Waals surface area contributed by atoms with Crippen molar-refractivity contribution in [2.45, 2.75) is 42.9 Å². The topological polar surface area (TPSA) is 118 Å². The number of aryl methyl sites for hydroxylation is 2. The molecule has 4 heterocycles. The van der Waals surface area contributed by atoms with Crippen LogP contribution in [0.5, 0.6) is 0 Å². The summed E-state index contributed by atoms with van der Waals surface area (Å²) in [4.78, 5) is 46.5. The Morgan fingerprint density at radius 2 is 1.33 bits per heavy atom. The predicted octanol–water partition coefficient (Wildman–Crippen LogP) is 9.91. The molecule has 1 saturated heterocycles. The lowest BCUT2D eigenvalue weighted by Crippen LogP contribution is -2.74. The molecule has 0 radical (unpaired) electrons.